The summed E-state index contributed by atoms with van der Waals surface area (Å²) in [6, 6.07) is 41.8. The quantitative estimate of drug-likeness (QED) is 0.0956. The van der Waals surface area contributed by atoms with Crippen LogP contribution in [0, 0.1) is 60.8 Å². The second kappa shape index (κ2) is 24.8. The number of methoxy groups -OCH3 is 1. The summed E-state index contributed by atoms with van der Waals surface area (Å²) < 4.78 is 99.8. The summed E-state index contributed by atoms with van der Waals surface area (Å²) >= 11 is 0. The Kier molecular flexibility index (Phi) is 18.7. The van der Waals surface area contributed by atoms with Gasteiger partial charge in [-0.25, -0.2) is 17.6 Å². The number of hydrogen-bond acceptors (Lipinski definition) is 3. The molecule has 344 valence electrons. The van der Waals surface area contributed by atoms with Crippen molar-refractivity contribution in [3.05, 3.63) is 219 Å². The fourth-order valence-electron chi connectivity index (χ4n) is 6.49. The third kappa shape index (κ3) is 15.4. The molecule has 0 radical (unpaired) electrons. The van der Waals surface area contributed by atoms with Gasteiger partial charge in [-0.2, -0.15) is 8.78 Å². The molecule has 0 heterocycles. The van der Waals surface area contributed by atoms with Gasteiger partial charge in [0.15, 0.2) is 0 Å². The molecular weight excluding hydrogens is 859 g/mol. The van der Waals surface area contributed by atoms with Gasteiger partial charge in [0.25, 0.3) is 0 Å². The molecule has 0 aliphatic carbocycles. The zero-order chi connectivity index (χ0) is 48.3. The number of hydrogen-bond donors (Lipinski definition) is 0. The predicted molar refractivity (Wildman–Crippen MR) is 256 cm³/mol. The SMILES string of the molecule is CCCc1ccc(-c2cc(F)c(C(F)(F)Oc3cc(F)c(C)c(F)c3)c(F)c2)cc1.CCCc1ccc(C#Cc2ccc(OC)cc2)cc1.CCOc1ccc(C#Cc2ccc(C)cc2)cc1. The Morgan fingerprint density at radius 2 is 0.866 bits per heavy atom. The third-order valence-corrected chi connectivity index (χ3v) is 10.2. The van der Waals surface area contributed by atoms with Crippen LogP contribution in [0.2, 0.25) is 0 Å². The van der Waals surface area contributed by atoms with Crippen LogP contribution in [0.4, 0.5) is 26.3 Å². The van der Waals surface area contributed by atoms with Crippen molar-refractivity contribution in [3.63, 3.8) is 0 Å². The van der Waals surface area contributed by atoms with E-state index in [1.54, 1.807) is 31.4 Å². The first-order chi connectivity index (χ1) is 32.2. The molecule has 9 heteroatoms. The lowest BCUT2D eigenvalue weighted by molar-refractivity contribution is -0.189. The number of ether oxygens (including phenoxy) is 3. The van der Waals surface area contributed by atoms with Gasteiger partial charge in [-0.3, -0.25) is 0 Å². The largest absolute Gasteiger partial charge is 0.497 e. The van der Waals surface area contributed by atoms with E-state index < -0.39 is 46.3 Å². The molecule has 0 amide bonds. The van der Waals surface area contributed by atoms with Crippen LogP contribution in [-0.4, -0.2) is 13.7 Å². The molecule has 0 N–H and O–H groups in total. The van der Waals surface area contributed by atoms with E-state index in [1.807, 2.05) is 74.5 Å². The maximum absolute atomic E-state index is 14.5. The molecule has 0 atom stereocenters. The second-order valence-electron chi connectivity index (χ2n) is 15.4. The van der Waals surface area contributed by atoms with E-state index in [4.69, 9.17) is 9.47 Å². The summed E-state index contributed by atoms with van der Waals surface area (Å²) in [5, 5.41) is 0. The molecule has 0 unspecified atom stereocenters. The van der Waals surface area contributed by atoms with Crippen LogP contribution in [-0.2, 0) is 19.0 Å². The van der Waals surface area contributed by atoms with Crippen molar-refractivity contribution in [2.24, 2.45) is 0 Å². The summed E-state index contributed by atoms with van der Waals surface area (Å²) in [6.45, 7) is 10.1. The monoisotopic (exact) mass is 910 g/mol. The fraction of sp³-hybridized carbons (Fsp3) is 0.207. The number of benzene rings is 7. The molecule has 0 saturated carbocycles. The van der Waals surface area contributed by atoms with E-state index in [-0.39, 0.29) is 5.56 Å². The van der Waals surface area contributed by atoms with Gasteiger partial charge >= 0.3 is 6.11 Å². The van der Waals surface area contributed by atoms with Gasteiger partial charge in [0, 0.05) is 39.9 Å². The lowest BCUT2D eigenvalue weighted by Crippen LogP contribution is -2.25. The highest BCUT2D eigenvalue weighted by molar-refractivity contribution is 5.64. The molecule has 7 rings (SSSR count). The van der Waals surface area contributed by atoms with E-state index in [0.717, 1.165) is 77.6 Å². The molecular formula is C58H52F6O3. The van der Waals surface area contributed by atoms with Gasteiger partial charge in [0.1, 0.15) is 46.1 Å². The van der Waals surface area contributed by atoms with Crippen LogP contribution in [0.1, 0.15) is 83.7 Å². The Hall–Kier alpha value is -7.36. The topological polar surface area (TPSA) is 27.7 Å². The molecule has 0 fully saturated rings. The molecule has 3 nitrogen and oxygen atoms in total. The summed E-state index contributed by atoms with van der Waals surface area (Å²) in [5.74, 6) is 8.15. The standard InChI is InChI=1S/C23H18F6O.C18H18O.C17H16O/c1-3-4-14-5-7-15(8-6-14)16-9-20(26)22(21(27)10-16)23(28,29)30-17-11-18(24)13(2)19(25)12-17;1-3-4-15-5-7-16(8-6-15)9-10-17-11-13-18(19-2)14-12-17;1-3-18-17-12-10-16(11-13-17)9-8-15-6-4-14(2)5-7-15/h5-12H,3-4H2,1-2H3;5-8,11-14H,3-4H2,1-2H3;4-7,10-13H,3H2,1-2H3. The van der Waals surface area contributed by atoms with E-state index in [2.05, 4.69) is 78.7 Å². The highest BCUT2D eigenvalue weighted by Crippen LogP contribution is 2.38. The van der Waals surface area contributed by atoms with Crippen molar-refractivity contribution in [1.29, 1.82) is 0 Å². The normalized spacial score (nSPS) is 10.4. The zero-order valence-electron chi connectivity index (χ0n) is 38.4. The second-order valence-corrected chi connectivity index (χ2v) is 15.4. The predicted octanol–water partition coefficient (Wildman–Crippen LogP) is 15.1. The minimum Gasteiger partial charge on any atom is -0.497 e. The van der Waals surface area contributed by atoms with E-state index in [9.17, 15) is 26.3 Å². The maximum atomic E-state index is 14.5. The average Bonchev–Trinajstić information content (AvgIpc) is 3.31. The first-order valence-electron chi connectivity index (χ1n) is 21.9. The maximum Gasteiger partial charge on any atom is 0.432 e. The molecule has 0 bridgehead atoms. The Labute approximate surface area is 390 Å². The minimum atomic E-state index is -4.49. The van der Waals surface area contributed by atoms with Crippen molar-refractivity contribution in [1.82, 2.24) is 0 Å². The van der Waals surface area contributed by atoms with Gasteiger partial charge in [-0.1, -0.05) is 104 Å². The van der Waals surface area contributed by atoms with Crippen LogP contribution in [0.25, 0.3) is 11.1 Å². The summed E-state index contributed by atoms with van der Waals surface area (Å²) in [5.41, 5.74) is 6.23. The minimum absolute atomic E-state index is 0.0695. The number of alkyl halides is 2. The van der Waals surface area contributed by atoms with Crippen molar-refractivity contribution in [2.45, 2.75) is 66.4 Å². The fourth-order valence-corrected chi connectivity index (χ4v) is 6.49. The molecule has 0 spiro atoms. The first-order valence-corrected chi connectivity index (χ1v) is 21.9. The van der Waals surface area contributed by atoms with E-state index >= 15 is 0 Å². The molecule has 7 aromatic rings. The highest BCUT2D eigenvalue weighted by Gasteiger charge is 2.41. The Bertz CT molecular complexity index is 2750. The number of halogens is 6. The lowest BCUT2D eigenvalue weighted by atomic mass is 10.00. The molecule has 0 aliphatic heterocycles. The smallest absolute Gasteiger partial charge is 0.432 e. The van der Waals surface area contributed by atoms with Gasteiger partial charge in [-0.05, 0) is 141 Å². The van der Waals surface area contributed by atoms with Crippen LogP contribution in [0.5, 0.6) is 17.2 Å². The van der Waals surface area contributed by atoms with Gasteiger partial charge in [0.05, 0.1) is 13.7 Å². The molecule has 0 saturated heterocycles. The van der Waals surface area contributed by atoms with E-state index in [1.165, 1.54) is 17.5 Å². The molecule has 0 aliphatic rings. The van der Waals surface area contributed by atoms with Crippen molar-refractivity contribution < 1.29 is 40.6 Å². The van der Waals surface area contributed by atoms with Crippen molar-refractivity contribution in [2.75, 3.05) is 13.7 Å². The first kappa shape index (κ1) is 50.6. The Balaban J connectivity index is 0.000000198. The van der Waals surface area contributed by atoms with Crippen LogP contribution >= 0.6 is 0 Å². The van der Waals surface area contributed by atoms with Gasteiger partial charge in [-0.15, -0.1) is 0 Å². The van der Waals surface area contributed by atoms with Crippen LogP contribution in [0.15, 0.2) is 146 Å². The van der Waals surface area contributed by atoms with Gasteiger partial charge in [0.2, 0.25) is 0 Å². The van der Waals surface area contributed by atoms with Crippen LogP contribution in [0.3, 0.4) is 0 Å². The van der Waals surface area contributed by atoms with Crippen LogP contribution < -0.4 is 14.2 Å². The lowest BCUT2D eigenvalue weighted by Gasteiger charge is -2.20. The third-order valence-electron chi connectivity index (χ3n) is 10.2. The zero-order valence-corrected chi connectivity index (χ0v) is 38.4. The number of rotatable bonds is 11. The van der Waals surface area contributed by atoms with E-state index in [0.29, 0.717) is 24.3 Å². The Morgan fingerprint density at radius 1 is 0.463 bits per heavy atom. The van der Waals surface area contributed by atoms with Gasteiger partial charge < -0.3 is 14.2 Å². The average molecular weight is 911 g/mol. The molecule has 0 aromatic heterocycles. The number of aryl methyl sites for hydroxylation is 3. The highest BCUT2D eigenvalue weighted by atomic mass is 19.3. The molecule has 67 heavy (non-hydrogen) atoms. The molecule has 7 aromatic carbocycles. The van der Waals surface area contributed by atoms with Crippen molar-refractivity contribution in [3.8, 4) is 52.1 Å². The Morgan fingerprint density at radius 3 is 1.28 bits per heavy atom. The van der Waals surface area contributed by atoms with Crippen molar-refractivity contribution >= 4 is 0 Å². The summed E-state index contributed by atoms with van der Waals surface area (Å²) in [4.78, 5) is 0. The summed E-state index contributed by atoms with van der Waals surface area (Å²) in [6.07, 6.45) is -0.415. The summed E-state index contributed by atoms with van der Waals surface area (Å²) in [7, 11) is 1.67.